The van der Waals surface area contributed by atoms with E-state index in [9.17, 15) is 8.42 Å². The van der Waals surface area contributed by atoms with E-state index in [2.05, 4.69) is 29.2 Å². The maximum atomic E-state index is 11.8. The Bertz CT molecular complexity index is 1240. The van der Waals surface area contributed by atoms with Crippen LogP contribution < -0.4 is 4.90 Å². The van der Waals surface area contributed by atoms with Gasteiger partial charge in [0.25, 0.3) is 0 Å². The van der Waals surface area contributed by atoms with Crippen LogP contribution >= 0.6 is 0 Å². The van der Waals surface area contributed by atoms with Crippen LogP contribution in [0.25, 0.3) is 27.9 Å². The minimum absolute atomic E-state index is 0.310. The highest BCUT2D eigenvalue weighted by Gasteiger charge is 2.17. The van der Waals surface area contributed by atoms with Gasteiger partial charge in [-0.25, -0.2) is 12.9 Å². The lowest BCUT2D eigenvalue weighted by atomic mass is 9.99. The molecule has 0 fully saturated rings. The molecule has 0 aliphatic rings. The summed E-state index contributed by atoms with van der Waals surface area (Å²) in [6, 6.07) is 21.2. The zero-order valence-electron chi connectivity index (χ0n) is 16.0. The summed E-state index contributed by atoms with van der Waals surface area (Å²) in [6.45, 7) is 0. The van der Waals surface area contributed by atoms with Gasteiger partial charge in [-0.1, -0.05) is 30.3 Å². The number of pyridine rings is 1. The van der Waals surface area contributed by atoms with Crippen LogP contribution in [0.5, 0.6) is 0 Å². The van der Waals surface area contributed by atoms with Gasteiger partial charge < -0.3 is 4.90 Å². The fourth-order valence-corrected chi connectivity index (χ4v) is 3.90. The maximum Gasteiger partial charge on any atom is 0.175 e. The number of rotatable bonds is 4. The van der Waals surface area contributed by atoms with Gasteiger partial charge in [-0.3, -0.25) is 0 Å². The normalized spacial score (nSPS) is 11.7. The summed E-state index contributed by atoms with van der Waals surface area (Å²) in [5.74, 6) is 0. The summed E-state index contributed by atoms with van der Waals surface area (Å²) in [6.07, 6.45) is 3.14. The van der Waals surface area contributed by atoms with Crippen LogP contribution in [0.4, 0.5) is 5.69 Å². The van der Waals surface area contributed by atoms with Crippen molar-refractivity contribution in [2.75, 3.05) is 25.3 Å². The van der Waals surface area contributed by atoms with Gasteiger partial charge in [0.15, 0.2) is 9.84 Å². The monoisotopic (exact) mass is 391 g/mol. The molecule has 2 aromatic carbocycles. The number of nitrogens with zero attached hydrogens (tertiary/aromatic N) is 3. The topological polar surface area (TPSA) is 54.7 Å². The van der Waals surface area contributed by atoms with E-state index >= 15 is 0 Å². The molecule has 0 saturated heterocycles. The van der Waals surface area contributed by atoms with Gasteiger partial charge in [0, 0.05) is 43.4 Å². The van der Waals surface area contributed by atoms with Gasteiger partial charge in [0.1, 0.15) is 5.69 Å². The average molecular weight is 391 g/mol. The fourth-order valence-electron chi connectivity index (χ4n) is 3.27. The first-order chi connectivity index (χ1) is 13.3. The summed E-state index contributed by atoms with van der Waals surface area (Å²) in [7, 11) is 0.786. The molecule has 4 aromatic rings. The molecule has 4 rings (SSSR count). The molecule has 6 heteroatoms. The number of hydrogen-bond acceptors (Lipinski definition) is 4. The third-order valence-corrected chi connectivity index (χ3v) is 5.90. The Morgan fingerprint density at radius 1 is 0.857 bits per heavy atom. The first kappa shape index (κ1) is 18.3. The molecular formula is C22H21N3O2S. The van der Waals surface area contributed by atoms with E-state index in [1.54, 1.807) is 12.1 Å². The number of anilines is 1. The van der Waals surface area contributed by atoms with Gasteiger partial charge in [0.05, 0.1) is 10.4 Å². The standard InChI is InChI=1S/C22H21N3O2S/c1-24(2)18-11-7-17(8-12-18)22-21(20-6-4-5-15-25(20)23-22)16-9-13-19(14-10-16)28(3,26)27/h4-15H,1-3H3. The largest absolute Gasteiger partial charge is 0.378 e. The van der Waals surface area contributed by atoms with E-state index in [0.717, 1.165) is 33.6 Å². The molecule has 0 amide bonds. The zero-order chi connectivity index (χ0) is 19.9. The van der Waals surface area contributed by atoms with E-state index in [1.165, 1.54) is 6.26 Å². The molecule has 5 nitrogen and oxygen atoms in total. The van der Waals surface area contributed by atoms with Gasteiger partial charge in [-0.05, 0) is 42.0 Å². The first-order valence-electron chi connectivity index (χ1n) is 8.90. The van der Waals surface area contributed by atoms with E-state index in [0.29, 0.717) is 4.90 Å². The highest BCUT2D eigenvalue weighted by molar-refractivity contribution is 7.90. The Morgan fingerprint density at radius 3 is 2.11 bits per heavy atom. The van der Waals surface area contributed by atoms with Crippen molar-refractivity contribution in [2.45, 2.75) is 4.90 Å². The zero-order valence-corrected chi connectivity index (χ0v) is 16.8. The molecule has 2 heterocycles. The highest BCUT2D eigenvalue weighted by Crippen LogP contribution is 2.36. The number of fused-ring (bicyclic) bond motifs is 1. The van der Waals surface area contributed by atoms with E-state index in [4.69, 9.17) is 5.10 Å². The van der Waals surface area contributed by atoms with E-state index < -0.39 is 9.84 Å². The lowest BCUT2D eigenvalue weighted by Crippen LogP contribution is -2.07. The van der Waals surface area contributed by atoms with Crippen LogP contribution in [0.1, 0.15) is 0 Å². The van der Waals surface area contributed by atoms with Gasteiger partial charge in [0.2, 0.25) is 0 Å². The molecule has 0 aliphatic carbocycles. The Balaban J connectivity index is 1.91. The van der Waals surface area contributed by atoms with Crippen LogP contribution in [-0.2, 0) is 9.84 Å². The summed E-state index contributed by atoms with van der Waals surface area (Å²) in [5, 5.41) is 4.79. The van der Waals surface area contributed by atoms with E-state index in [1.807, 2.05) is 55.1 Å². The molecule has 0 spiro atoms. The minimum atomic E-state index is -3.23. The molecular weight excluding hydrogens is 370 g/mol. The van der Waals surface area contributed by atoms with Crippen molar-refractivity contribution >= 4 is 21.0 Å². The second kappa shape index (κ2) is 6.80. The molecule has 0 atom stereocenters. The smallest absolute Gasteiger partial charge is 0.175 e. The fraction of sp³-hybridized carbons (Fsp3) is 0.136. The molecule has 0 N–H and O–H groups in total. The molecule has 0 unspecified atom stereocenters. The first-order valence-corrected chi connectivity index (χ1v) is 10.8. The number of sulfone groups is 1. The molecule has 142 valence electrons. The molecule has 0 aliphatic heterocycles. The second-order valence-electron chi connectivity index (χ2n) is 6.99. The summed E-state index contributed by atoms with van der Waals surface area (Å²) in [5.41, 5.74) is 5.88. The van der Waals surface area contributed by atoms with Crippen molar-refractivity contribution in [3.63, 3.8) is 0 Å². The summed E-state index contributed by atoms with van der Waals surface area (Å²) < 4.78 is 25.5. The van der Waals surface area contributed by atoms with Gasteiger partial charge >= 0.3 is 0 Å². The molecule has 2 aromatic heterocycles. The van der Waals surface area contributed by atoms with Crippen molar-refractivity contribution in [1.29, 1.82) is 0 Å². The molecule has 0 radical (unpaired) electrons. The predicted octanol–water partition coefficient (Wildman–Crippen LogP) is 4.14. The molecule has 28 heavy (non-hydrogen) atoms. The van der Waals surface area contributed by atoms with Crippen LogP contribution in [0.15, 0.2) is 77.8 Å². The van der Waals surface area contributed by atoms with Crippen LogP contribution in [0, 0.1) is 0 Å². The van der Waals surface area contributed by atoms with Crippen LogP contribution in [0.2, 0.25) is 0 Å². The minimum Gasteiger partial charge on any atom is -0.378 e. The third kappa shape index (κ3) is 3.27. The summed E-state index contributed by atoms with van der Waals surface area (Å²) >= 11 is 0. The predicted molar refractivity (Wildman–Crippen MR) is 114 cm³/mol. The highest BCUT2D eigenvalue weighted by atomic mass is 32.2. The molecule has 0 bridgehead atoms. The van der Waals surface area contributed by atoms with Gasteiger partial charge in [-0.2, -0.15) is 5.10 Å². The maximum absolute atomic E-state index is 11.8. The lowest BCUT2D eigenvalue weighted by Gasteiger charge is -2.12. The lowest BCUT2D eigenvalue weighted by molar-refractivity contribution is 0.602. The van der Waals surface area contributed by atoms with Crippen LogP contribution in [0.3, 0.4) is 0 Å². The van der Waals surface area contributed by atoms with Crippen molar-refractivity contribution in [1.82, 2.24) is 9.61 Å². The summed E-state index contributed by atoms with van der Waals surface area (Å²) in [4.78, 5) is 2.36. The Morgan fingerprint density at radius 2 is 1.50 bits per heavy atom. The molecule has 0 saturated carbocycles. The quantitative estimate of drug-likeness (QED) is 0.525. The Kier molecular flexibility index (Phi) is 4.43. The van der Waals surface area contributed by atoms with Crippen molar-refractivity contribution < 1.29 is 8.42 Å². The second-order valence-corrected chi connectivity index (χ2v) is 9.01. The number of benzene rings is 2. The van der Waals surface area contributed by atoms with Crippen LogP contribution in [-0.4, -0.2) is 38.4 Å². The number of hydrogen-bond donors (Lipinski definition) is 0. The Hall–Kier alpha value is -3.12. The SMILES string of the molecule is CN(C)c1ccc(-c2nn3ccccc3c2-c2ccc(S(C)(=O)=O)cc2)cc1. The van der Waals surface area contributed by atoms with Crippen molar-refractivity contribution in [3.05, 3.63) is 72.9 Å². The number of aromatic nitrogens is 2. The van der Waals surface area contributed by atoms with Crippen molar-refractivity contribution in [3.8, 4) is 22.4 Å². The van der Waals surface area contributed by atoms with Gasteiger partial charge in [-0.15, -0.1) is 0 Å². The average Bonchev–Trinajstić information content (AvgIpc) is 3.07. The Labute approximate surface area is 164 Å². The van der Waals surface area contributed by atoms with E-state index in [-0.39, 0.29) is 0 Å². The van der Waals surface area contributed by atoms with Crippen molar-refractivity contribution in [2.24, 2.45) is 0 Å². The third-order valence-electron chi connectivity index (χ3n) is 4.77.